The molecule has 4 heteroatoms. The molecule has 0 bridgehead atoms. The highest BCUT2D eigenvalue weighted by Crippen LogP contribution is 2.33. The van der Waals surface area contributed by atoms with Crippen LogP contribution in [-0.4, -0.2) is 18.4 Å². The minimum absolute atomic E-state index is 0.0211. The Morgan fingerprint density at radius 3 is 2.32 bits per heavy atom. The van der Waals surface area contributed by atoms with Crippen LogP contribution < -0.4 is 10.2 Å². The van der Waals surface area contributed by atoms with Gasteiger partial charge in [0.05, 0.1) is 5.92 Å². The first-order valence-corrected chi connectivity index (χ1v) is 10.3. The van der Waals surface area contributed by atoms with Crippen LogP contribution >= 0.6 is 0 Å². The van der Waals surface area contributed by atoms with E-state index < -0.39 is 0 Å². The summed E-state index contributed by atoms with van der Waals surface area (Å²) in [5, 5.41) is 3.14. The van der Waals surface area contributed by atoms with E-state index in [1.54, 1.807) is 4.90 Å². The van der Waals surface area contributed by atoms with E-state index in [4.69, 9.17) is 0 Å². The van der Waals surface area contributed by atoms with Crippen molar-refractivity contribution >= 4 is 23.2 Å². The molecule has 2 aromatic rings. The summed E-state index contributed by atoms with van der Waals surface area (Å²) >= 11 is 0. The quantitative estimate of drug-likeness (QED) is 0.775. The molecule has 4 nitrogen and oxygen atoms in total. The Bertz CT molecular complexity index is 850. The number of aryl methyl sites for hydroxylation is 2. The Morgan fingerprint density at radius 1 is 1.07 bits per heavy atom. The summed E-state index contributed by atoms with van der Waals surface area (Å²) in [6.45, 7) is 8.86. The Labute approximate surface area is 167 Å². The minimum atomic E-state index is -0.331. The Kier molecular flexibility index (Phi) is 6.18. The second-order valence-corrected chi connectivity index (χ2v) is 7.77. The van der Waals surface area contributed by atoms with Gasteiger partial charge in [0, 0.05) is 24.3 Å². The Balaban J connectivity index is 1.81. The first-order chi connectivity index (χ1) is 13.5. The van der Waals surface area contributed by atoms with Crippen LogP contribution in [0, 0.1) is 5.92 Å². The van der Waals surface area contributed by atoms with E-state index in [0.717, 1.165) is 40.9 Å². The lowest BCUT2D eigenvalue weighted by molar-refractivity contribution is -0.122. The average molecular weight is 379 g/mol. The molecule has 1 saturated heterocycles. The van der Waals surface area contributed by atoms with Crippen molar-refractivity contribution in [3.63, 3.8) is 0 Å². The highest BCUT2D eigenvalue weighted by Gasteiger charge is 2.36. The number of hydrogen-bond acceptors (Lipinski definition) is 2. The molecule has 1 heterocycles. The number of hydrogen-bond donors (Lipinski definition) is 1. The summed E-state index contributed by atoms with van der Waals surface area (Å²) in [7, 11) is 0. The molecule has 0 radical (unpaired) electrons. The van der Waals surface area contributed by atoms with E-state index in [1.165, 1.54) is 0 Å². The van der Waals surface area contributed by atoms with Gasteiger partial charge < -0.3 is 10.2 Å². The second-order valence-electron chi connectivity index (χ2n) is 7.77. The van der Waals surface area contributed by atoms with Gasteiger partial charge in [-0.2, -0.15) is 0 Å². The molecule has 148 valence electrons. The molecule has 0 spiro atoms. The number of rotatable bonds is 6. The van der Waals surface area contributed by atoms with Gasteiger partial charge in [-0.3, -0.25) is 9.59 Å². The molecular weight excluding hydrogens is 348 g/mol. The summed E-state index contributed by atoms with van der Waals surface area (Å²) in [6, 6.07) is 14.1. The number of anilines is 2. The lowest BCUT2D eigenvalue weighted by Gasteiger charge is -2.22. The lowest BCUT2D eigenvalue weighted by Crippen LogP contribution is -2.29. The number of amides is 2. The van der Waals surface area contributed by atoms with Crippen LogP contribution in [0.5, 0.6) is 0 Å². The van der Waals surface area contributed by atoms with Gasteiger partial charge >= 0.3 is 0 Å². The van der Waals surface area contributed by atoms with E-state index in [0.29, 0.717) is 12.5 Å². The third-order valence-electron chi connectivity index (χ3n) is 5.59. The largest absolute Gasteiger partial charge is 0.325 e. The van der Waals surface area contributed by atoms with Crippen molar-refractivity contribution in [2.24, 2.45) is 5.92 Å². The van der Waals surface area contributed by atoms with Crippen LogP contribution in [0.25, 0.3) is 0 Å². The van der Waals surface area contributed by atoms with Crippen molar-refractivity contribution in [2.45, 2.75) is 52.9 Å². The van der Waals surface area contributed by atoms with E-state index in [2.05, 4.69) is 51.2 Å². The fraction of sp³-hybridized carbons (Fsp3) is 0.417. The molecule has 1 unspecified atom stereocenters. The Hall–Kier alpha value is -2.62. The summed E-state index contributed by atoms with van der Waals surface area (Å²) in [5.41, 5.74) is 5.27. The average Bonchev–Trinajstić information content (AvgIpc) is 3.09. The SMILES string of the molecule is CCc1cccc(CC)c1NC(=O)C1CC(=O)N(c2ccccc2C(C)C)C1. The van der Waals surface area contributed by atoms with E-state index in [-0.39, 0.29) is 24.2 Å². The summed E-state index contributed by atoms with van der Waals surface area (Å²) in [6.07, 6.45) is 1.98. The van der Waals surface area contributed by atoms with Crippen molar-refractivity contribution < 1.29 is 9.59 Å². The zero-order valence-corrected chi connectivity index (χ0v) is 17.3. The van der Waals surface area contributed by atoms with Crippen molar-refractivity contribution in [3.05, 3.63) is 59.2 Å². The van der Waals surface area contributed by atoms with Crippen LogP contribution in [0.1, 0.15) is 56.7 Å². The highest BCUT2D eigenvalue weighted by atomic mass is 16.2. The maximum absolute atomic E-state index is 13.0. The maximum Gasteiger partial charge on any atom is 0.229 e. The summed E-state index contributed by atoms with van der Waals surface area (Å²) in [5.74, 6) is -0.0519. The first-order valence-electron chi connectivity index (χ1n) is 10.3. The molecule has 0 aliphatic carbocycles. The molecule has 3 rings (SSSR count). The Morgan fingerprint density at radius 2 is 1.71 bits per heavy atom. The number of carbonyl (C=O) groups is 2. The van der Waals surface area contributed by atoms with Crippen molar-refractivity contribution in [1.82, 2.24) is 0 Å². The zero-order chi connectivity index (χ0) is 20.3. The number of benzene rings is 2. The van der Waals surface area contributed by atoms with Gasteiger partial charge in [0.15, 0.2) is 0 Å². The van der Waals surface area contributed by atoms with E-state index >= 15 is 0 Å². The smallest absolute Gasteiger partial charge is 0.229 e. The van der Waals surface area contributed by atoms with Gasteiger partial charge in [-0.05, 0) is 41.5 Å². The van der Waals surface area contributed by atoms with Gasteiger partial charge in [0.1, 0.15) is 0 Å². The monoisotopic (exact) mass is 378 g/mol. The van der Waals surface area contributed by atoms with Gasteiger partial charge in [-0.15, -0.1) is 0 Å². The standard InChI is InChI=1S/C24H30N2O2/c1-5-17-10-9-11-18(6-2)23(17)25-24(28)19-14-22(27)26(15-19)21-13-8-7-12-20(21)16(3)4/h7-13,16,19H,5-6,14-15H2,1-4H3,(H,25,28). The van der Waals surface area contributed by atoms with Crippen LogP contribution in [0.3, 0.4) is 0 Å². The van der Waals surface area contributed by atoms with Crippen LogP contribution in [-0.2, 0) is 22.4 Å². The fourth-order valence-corrected chi connectivity index (χ4v) is 3.97. The van der Waals surface area contributed by atoms with Crippen LogP contribution in [0.2, 0.25) is 0 Å². The molecule has 0 aromatic heterocycles. The minimum Gasteiger partial charge on any atom is -0.325 e. The molecular formula is C24H30N2O2. The third kappa shape index (κ3) is 3.96. The summed E-state index contributed by atoms with van der Waals surface area (Å²) in [4.78, 5) is 27.5. The topological polar surface area (TPSA) is 49.4 Å². The number of nitrogens with zero attached hydrogens (tertiary/aromatic N) is 1. The maximum atomic E-state index is 13.0. The van der Waals surface area contributed by atoms with Crippen molar-refractivity contribution in [1.29, 1.82) is 0 Å². The van der Waals surface area contributed by atoms with Gasteiger partial charge in [-0.25, -0.2) is 0 Å². The molecule has 1 atom stereocenters. The first kappa shape index (κ1) is 20.1. The fourth-order valence-electron chi connectivity index (χ4n) is 3.97. The molecule has 28 heavy (non-hydrogen) atoms. The van der Waals surface area contributed by atoms with Gasteiger partial charge in [-0.1, -0.05) is 64.1 Å². The molecule has 0 saturated carbocycles. The molecule has 2 amide bonds. The van der Waals surface area contributed by atoms with Crippen molar-refractivity contribution in [3.8, 4) is 0 Å². The predicted molar refractivity (Wildman–Crippen MR) is 115 cm³/mol. The molecule has 1 aliphatic heterocycles. The van der Waals surface area contributed by atoms with Crippen molar-refractivity contribution in [2.75, 3.05) is 16.8 Å². The van der Waals surface area contributed by atoms with Gasteiger partial charge in [0.2, 0.25) is 11.8 Å². The molecule has 2 aromatic carbocycles. The van der Waals surface area contributed by atoms with E-state index in [9.17, 15) is 9.59 Å². The molecule has 1 N–H and O–H groups in total. The molecule has 1 fully saturated rings. The van der Waals surface area contributed by atoms with Gasteiger partial charge in [0.25, 0.3) is 0 Å². The number of para-hydroxylation sites is 2. The van der Waals surface area contributed by atoms with Crippen LogP contribution in [0.15, 0.2) is 42.5 Å². The molecule has 1 aliphatic rings. The second kappa shape index (κ2) is 8.59. The number of nitrogens with one attached hydrogen (secondary N) is 1. The van der Waals surface area contributed by atoms with E-state index in [1.807, 2.05) is 24.3 Å². The predicted octanol–water partition coefficient (Wildman–Crippen LogP) is 4.93. The number of carbonyl (C=O) groups excluding carboxylic acids is 2. The van der Waals surface area contributed by atoms with Crippen LogP contribution in [0.4, 0.5) is 11.4 Å². The third-order valence-corrected chi connectivity index (χ3v) is 5.59. The zero-order valence-electron chi connectivity index (χ0n) is 17.3. The summed E-state index contributed by atoms with van der Waals surface area (Å²) < 4.78 is 0. The lowest BCUT2D eigenvalue weighted by atomic mass is 10.0. The highest BCUT2D eigenvalue weighted by molar-refractivity contribution is 6.04. The normalized spacial score (nSPS) is 16.7.